The topological polar surface area (TPSA) is 70.7 Å². The summed E-state index contributed by atoms with van der Waals surface area (Å²) in [6, 6.07) is -0.0373. The van der Waals surface area contributed by atoms with E-state index in [0.717, 1.165) is 12.8 Å². The van der Waals surface area contributed by atoms with Crippen LogP contribution in [0.25, 0.3) is 0 Å². The first-order chi connectivity index (χ1) is 10.1. The maximum atomic E-state index is 12.2. The van der Waals surface area contributed by atoms with Crippen LogP contribution in [0.5, 0.6) is 0 Å². The summed E-state index contributed by atoms with van der Waals surface area (Å²) in [5, 5.41) is 5.85. The number of amides is 2. The fourth-order valence-corrected chi connectivity index (χ4v) is 3.10. The number of nitrogens with one attached hydrogen (secondary N) is 2. The molecule has 1 saturated carbocycles. The highest BCUT2D eigenvalue weighted by Gasteiger charge is 2.29. The molecule has 2 aliphatic rings. The number of morpholine rings is 1. The minimum atomic E-state index is -0.369. The monoisotopic (exact) mass is 297 g/mol. The van der Waals surface area contributed by atoms with Crippen LogP contribution in [0.3, 0.4) is 0 Å². The molecule has 6 nitrogen and oxygen atoms in total. The normalized spacial score (nSPS) is 27.1. The second kappa shape index (κ2) is 7.75. The fourth-order valence-electron chi connectivity index (χ4n) is 3.10. The van der Waals surface area contributed by atoms with Gasteiger partial charge in [-0.15, -0.1) is 0 Å². The van der Waals surface area contributed by atoms with Gasteiger partial charge in [-0.2, -0.15) is 0 Å². The molecule has 21 heavy (non-hydrogen) atoms. The summed E-state index contributed by atoms with van der Waals surface area (Å²) < 4.78 is 5.44. The smallest absolute Gasteiger partial charge is 0.241 e. The van der Waals surface area contributed by atoms with Gasteiger partial charge in [0.15, 0.2) is 0 Å². The number of ether oxygens (including phenoxy) is 1. The zero-order chi connectivity index (χ0) is 15.2. The molecule has 0 spiro atoms. The van der Waals surface area contributed by atoms with Crippen molar-refractivity contribution in [2.24, 2.45) is 0 Å². The Bertz CT molecular complexity index is 369. The largest absolute Gasteiger partial charge is 0.375 e. The highest BCUT2D eigenvalue weighted by atomic mass is 16.5. The third-order valence-corrected chi connectivity index (χ3v) is 4.53. The van der Waals surface area contributed by atoms with Crippen molar-refractivity contribution in [3.05, 3.63) is 0 Å². The molecule has 2 fully saturated rings. The maximum absolute atomic E-state index is 12.2. The summed E-state index contributed by atoms with van der Waals surface area (Å²) in [6.07, 6.45) is 5.63. The molecule has 6 heteroatoms. The van der Waals surface area contributed by atoms with Crippen molar-refractivity contribution >= 4 is 11.8 Å². The predicted octanol–water partition coefficient (Wildman–Crippen LogP) is 0.271. The Kier molecular flexibility index (Phi) is 5.99. The molecular formula is C15H27N3O3. The van der Waals surface area contributed by atoms with Gasteiger partial charge in [0.25, 0.3) is 0 Å². The lowest BCUT2D eigenvalue weighted by Crippen LogP contribution is -2.56. The van der Waals surface area contributed by atoms with Crippen molar-refractivity contribution in [2.45, 2.75) is 57.2 Å². The molecule has 0 aromatic carbocycles. The molecule has 0 aromatic heterocycles. The third kappa shape index (κ3) is 4.41. The van der Waals surface area contributed by atoms with E-state index in [-0.39, 0.29) is 30.5 Å². The average molecular weight is 297 g/mol. The molecule has 1 aliphatic heterocycles. The molecule has 2 N–H and O–H groups in total. The highest BCUT2D eigenvalue weighted by Crippen LogP contribution is 2.21. The standard InChI is InChI=1S/C15H27N3O3/c1-11-14(16-8-9-21-11)15(20)17-10-13(19)18(2)12-6-4-3-5-7-12/h11-12,14,16H,3-10H2,1-2H3,(H,17,20)/t11-,14+/m1/s1. The summed E-state index contributed by atoms with van der Waals surface area (Å²) in [5.74, 6) is -0.174. The molecule has 2 atom stereocenters. The molecule has 0 radical (unpaired) electrons. The van der Waals surface area contributed by atoms with E-state index in [4.69, 9.17) is 4.74 Å². The average Bonchev–Trinajstić information content (AvgIpc) is 2.52. The second-order valence-electron chi connectivity index (χ2n) is 6.02. The summed E-state index contributed by atoms with van der Waals surface area (Å²) >= 11 is 0. The van der Waals surface area contributed by atoms with E-state index in [1.807, 2.05) is 14.0 Å². The predicted molar refractivity (Wildman–Crippen MR) is 79.9 cm³/mol. The third-order valence-electron chi connectivity index (χ3n) is 4.53. The highest BCUT2D eigenvalue weighted by molar-refractivity contribution is 5.87. The number of rotatable bonds is 4. The number of carbonyl (C=O) groups excluding carboxylic acids is 2. The number of nitrogens with zero attached hydrogens (tertiary/aromatic N) is 1. The molecule has 120 valence electrons. The van der Waals surface area contributed by atoms with Gasteiger partial charge in [0.05, 0.1) is 19.3 Å². The Morgan fingerprint density at radius 3 is 2.67 bits per heavy atom. The molecule has 0 aromatic rings. The first kappa shape index (κ1) is 16.2. The molecule has 1 saturated heterocycles. The van der Waals surface area contributed by atoms with E-state index in [2.05, 4.69) is 10.6 Å². The number of hydrogen-bond donors (Lipinski definition) is 2. The molecule has 2 amide bonds. The van der Waals surface area contributed by atoms with E-state index in [0.29, 0.717) is 19.2 Å². The van der Waals surface area contributed by atoms with Crippen molar-refractivity contribution in [1.82, 2.24) is 15.5 Å². The molecular weight excluding hydrogens is 270 g/mol. The van der Waals surface area contributed by atoms with E-state index < -0.39 is 0 Å². The van der Waals surface area contributed by atoms with Gasteiger partial charge in [0.1, 0.15) is 6.04 Å². The van der Waals surface area contributed by atoms with Crippen LogP contribution in [0.2, 0.25) is 0 Å². The molecule has 1 aliphatic carbocycles. The van der Waals surface area contributed by atoms with E-state index >= 15 is 0 Å². The summed E-state index contributed by atoms with van der Waals surface area (Å²) in [7, 11) is 1.84. The van der Waals surface area contributed by atoms with E-state index in [1.165, 1.54) is 19.3 Å². The van der Waals surface area contributed by atoms with Crippen molar-refractivity contribution in [2.75, 3.05) is 26.7 Å². The number of hydrogen-bond acceptors (Lipinski definition) is 4. The fraction of sp³-hybridized carbons (Fsp3) is 0.867. The van der Waals surface area contributed by atoms with Crippen LogP contribution >= 0.6 is 0 Å². The van der Waals surface area contributed by atoms with Gasteiger partial charge in [-0.1, -0.05) is 19.3 Å². The Morgan fingerprint density at radius 1 is 1.29 bits per heavy atom. The van der Waals surface area contributed by atoms with Crippen LogP contribution in [-0.2, 0) is 14.3 Å². The van der Waals surface area contributed by atoms with Crippen LogP contribution in [-0.4, -0.2) is 61.6 Å². The van der Waals surface area contributed by atoms with Crippen molar-refractivity contribution in [3.8, 4) is 0 Å². The lowest BCUT2D eigenvalue weighted by atomic mass is 9.94. The zero-order valence-corrected chi connectivity index (χ0v) is 13.1. The first-order valence-electron chi connectivity index (χ1n) is 7.98. The van der Waals surface area contributed by atoms with Gasteiger partial charge in [0.2, 0.25) is 11.8 Å². The van der Waals surface area contributed by atoms with E-state index in [1.54, 1.807) is 4.90 Å². The van der Waals surface area contributed by atoms with Crippen LogP contribution in [0, 0.1) is 0 Å². The minimum absolute atomic E-state index is 0.0142. The molecule has 0 bridgehead atoms. The van der Waals surface area contributed by atoms with Gasteiger partial charge >= 0.3 is 0 Å². The van der Waals surface area contributed by atoms with Crippen LogP contribution < -0.4 is 10.6 Å². The van der Waals surface area contributed by atoms with Gasteiger partial charge < -0.3 is 20.3 Å². The van der Waals surface area contributed by atoms with Crippen LogP contribution in [0.4, 0.5) is 0 Å². The number of carbonyl (C=O) groups is 2. The number of likely N-dealkylation sites (N-methyl/N-ethyl adjacent to an activating group) is 1. The SMILES string of the molecule is C[C@H]1OCCN[C@@H]1C(=O)NCC(=O)N(C)C1CCCCC1. The Labute approximate surface area is 126 Å². The van der Waals surface area contributed by atoms with E-state index in [9.17, 15) is 9.59 Å². The zero-order valence-electron chi connectivity index (χ0n) is 13.1. The molecule has 0 unspecified atom stereocenters. The Hall–Kier alpha value is -1.14. The molecule has 1 heterocycles. The van der Waals surface area contributed by atoms with Crippen molar-refractivity contribution in [3.63, 3.8) is 0 Å². The minimum Gasteiger partial charge on any atom is -0.375 e. The maximum Gasteiger partial charge on any atom is 0.241 e. The summed E-state index contributed by atoms with van der Waals surface area (Å²) in [5.41, 5.74) is 0. The van der Waals surface area contributed by atoms with Gasteiger partial charge in [-0.25, -0.2) is 0 Å². The summed E-state index contributed by atoms with van der Waals surface area (Å²) in [6.45, 7) is 3.22. The lowest BCUT2D eigenvalue weighted by Gasteiger charge is -2.32. The second-order valence-corrected chi connectivity index (χ2v) is 6.02. The first-order valence-corrected chi connectivity index (χ1v) is 7.98. The lowest BCUT2D eigenvalue weighted by molar-refractivity contribution is -0.136. The van der Waals surface area contributed by atoms with Crippen molar-refractivity contribution < 1.29 is 14.3 Å². The summed E-state index contributed by atoms with van der Waals surface area (Å²) in [4.78, 5) is 26.1. The van der Waals surface area contributed by atoms with Gasteiger partial charge in [-0.3, -0.25) is 9.59 Å². The Morgan fingerprint density at radius 2 is 2.00 bits per heavy atom. The van der Waals surface area contributed by atoms with Crippen LogP contribution in [0.15, 0.2) is 0 Å². The van der Waals surface area contributed by atoms with Crippen LogP contribution in [0.1, 0.15) is 39.0 Å². The van der Waals surface area contributed by atoms with Gasteiger partial charge in [0, 0.05) is 19.6 Å². The molecule has 2 rings (SSSR count). The van der Waals surface area contributed by atoms with Crippen molar-refractivity contribution in [1.29, 1.82) is 0 Å². The quantitative estimate of drug-likeness (QED) is 0.781. The van der Waals surface area contributed by atoms with Gasteiger partial charge in [-0.05, 0) is 19.8 Å². The Balaban J connectivity index is 1.75.